The zero-order valence-electron chi connectivity index (χ0n) is 12.9. The Morgan fingerprint density at radius 2 is 1.96 bits per heavy atom. The highest BCUT2D eigenvalue weighted by Crippen LogP contribution is 2.36. The van der Waals surface area contributed by atoms with E-state index in [1.165, 1.54) is 11.9 Å². The summed E-state index contributed by atoms with van der Waals surface area (Å²) in [7, 11) is 4.32. The Morgan fingerprint density at radius 1 is 1.35 bits per heavy atom. The third-order valence-electron chi connectivity index (χ3n) is 3.55. The van der Waals surface area contributed by atoms with E-state index in [9.17, 15) is 18.0 Å². The van der Waals surface area contributed by atoms with Gasteiger partial charge in [-0.3, -0.25) is 14.2 Å². The fourth-order valence-electron chi connectivity index (χ4n) is 2.15. The molecule has 2 rings (SSSR count). The minimum atomic E-state index is -4.68. The first-order valence-corrected chi connectivity index (χ1v) is 6.94. The van der Waals surface area contributed by atoms with Crippen LogP contribution in [0.5, 0.6) is 0 Å². The van der Waals surface area contributed by atoms with Crippen LogP contribution in [-0.2, 0) is 26.8 Å². The highest BCUT2D eigenvalue weighted by atomic mass is 35.5. The molecule has 1 amide bonds. The zero-order valence-corrected chi connectivity index (χ0v) is 13.7. The molecule has 0 aliphatic rings. The van der Waals surface area contributed by atoms with E-state index in [1.807, 2.05) is 6.92 Å². The second-order valence-electron chi connectivity index (χ2n) is 5.17. The lowest BCUT2D eigenvalue weighted by Gasteiger charge is -2.15. The molecule has 2 aromatic rings. The van der Waals surface area contributed by atoms with Gasteiger partial charge in [-0.25, -0.2) is 0 Å². The monoisotopic (exact) mass is 349 g/mol. The number of nitrogens with zero attached hydrogens (tertiary/aromatic N) is 5. The lowest BCUT2D eigenvalue weighted by Crippen LogP contribution is -2.27. The molecule has 0 aromatic carbocycles. The van der Waals surface area contributed by atoms with Crippen LogP contribution in [0.3, 0.4) is 0 Å². The van der Waals surface area contributed by atoms with E-state index in [1.54, 1.807) is 17.9 Å². The maximum atomic E-state index is 12.9. The van der Waals surface area contributed by atoms with E-state index >= 15 is 0 Å². The van der Waals surface area contributed by atoms with Gasteiger partial charge in [0, 0.05) is 38.9 Å². The van der Waals surface area contributed by atoms with Crippen LogP contribution in [0.2, 0.25) is 5.02 Å². The van der Waals surface area contributed by atoms with Gasteiger partial charge >= 0.3 is 6.18 Å². The predicted molar refractivity (Wildman–Crippen MR) is 77.0 cm³/mol. The van der Waals surface area contributed by atoms with Gasteiger partial charge in [0.15, 0.2) is 11.4 Å². The summed E-state index contributed by atoms with van der Waals surface area (Å²) in [4.78, 5) is 13.6. The summed E-state index contributed by atoms with van der Waals surface area (Å²) < 4.78 is 40.9. The average Bonchev–Trinajstić information content (AvgIpc) is 2.90. The second-order valence-corrected chi connectivity index (χ2v) is 5.55. The van der Waals surface area contributed by atoms with Crippen molar-refractivity contribution < 1.29 is 18.0 Å². The van der Waals surface area contributed by atoms with E-state index in [4.69, 9.17) is 11.6 Å². The summed E-state index contributed by atoms with van der Waals surface area (Å²) in [5.74, 6) is -0.690. The number of aromatic nitrogens is 4. The fraction of sp³-hybridized carbons (Fsp3) is 0.462. The van der Waals surface area contributed by atoms with Crippen molar-refractivity contribution in [3.05, 3.63) is 33.9 Å². The van der Waals surface area contributed by atoms with Gasteiger partial charge in [0.25, 0.3) is 5.91 Å². The van der Waals surface area contributed by atoms with Crippen LogP contribution in [0.25, 0.3) is 0 Å². The maximum Gasteiger partial charge on any atom is 0.434 e. The Balaban J connectivity index is 2.29. The molecule has 0 fully saturated rings. The number of aryl methyl sites for hydroxylation is 2. The molecule has 10 heteroatoms. The number of hydrogen-bond acceptors (Lipinski definition) is 3. The lowest BCUT2D eigenvalue weighted by atomic mass is 10.2. The van der Waals surface area contributed by atoms with Crippen molar-refractivity contribution >= 4 is 17.5 Å². The molecule has 0 spiro atoms. The number of rotatable bonds is 3. The quantitative estimate of drug-likeness (QED) is 0.855. The van der Waals surface area contributed by atoms with Gasteiger partial charge in [-0.2, -0.15) is 23.4 Å². The van der Waals surface area contributed by atoms with E-state index in [2.05, 4.69) is 10.2 Å². The summed E-state index contributed by atoms with van der Waals surface area (Å²) in [5.41, 5.74) is 0.0678. The van der Waals surface area contributed by atoms with Crippen molar-refractivity contribution in [1.29, 1.82) is 0 Å². The van der Waals surface area contributed by atoms with Crippen molar-refractivity contribution in [2.75, 3.05) is 7.05 Å². The van der Waals surface area contributed by atoms with Crippen molar-refractivity contribution in [2.24, 2.45) is 14.1 Å². The van der Waals surface area contributed by atoms with Crippen LogP contribution in [0.4, 0.5) is 13.2 Å². The third kappa shape index (κ3) is 3.19. The topological polar surface area (TPSA) is 56.0 Å². The first-order valence-electron chi connectivity index (χ1n) is 6.56. The largest absolute Gasteiger partial charge is 0.434 e. The Hall–Kier alpha value is -2.03. The molecule has 2 aromatic heterocycles. The highest BCUT2D eigenvalue weighted by molar-refractivity contribution is 6.34. The van der Waals surface area contributed by atoms with E-state index < -0.39 is 28.5 Å². The highest BCUT2D eigenvalue weighted by Gasteiger charge is 2.40. The molecule has 2 heterocycles. The lowest BCUT2D eigenvalue weighted by molar-refractivity contribution is -0.143. The molecule has 6 nitrogen and oxygen atoms in total. The van der Waals surface area contributed by atoms with Gasteiger partial charge in [0.2, 0.25) is 0 Å². The number of carbonyl (C=O) groups excluding carboxylic acids is 1. The van der Waals surface area contributed by atoms with Crippen LogP contribution in [0, 0.1) is 6.92 Å². The molecular weight excluding hydrogens is 335 g/mol. The minimum Gasteiger partial charge on any atom is -0.336 e. The molecule has 23 heavy (non-hydrogen) atoms. The Kier molecular flexibility index (Phi) is 4.43. The van der Waals surface area contributed by atoms with Crippen molar-refractivity contribution in [1.82, 2.24) is 24.5 Å². The number of hydrogen-bond donors (Lipinski definition) is 0. The average molecular weight is 350 g/mol. The van der Waals surface area contributed by atoms with Crippen LogP contribution >= 0.6 is 11.6 Å². The van der Waals surface area contributed by atoms with Crippen molar-refractivity contribution in [3.8, 4) is 0 Å². The molecular formula is C13H15ClF3N5O. The van der Waals surface area contributed by atoms with Crippen LogP contribution < -0.4 is 0 Å². The third-order valence-corrected chi connectivity index (χ3v) is 3.91. The Labute approximate surface area is 135 Å². The van der Waals surface area contributed by atoms with Gasteiger partial charge in [-0.15, -0.1) is 0 Å². The van der Waals surface area contributed by atoms with Crippen LogP contribution in [0.1, 0.15) is 27.4 Å². The van der Waals surface area contributed by atoms with Gasteiger partial charge in [-0.05, 0) is 6.92 Å². The van der Waals surface area contributed by atoms with Gasteiger partial charge in [0.1, 0.15) is 5.02 Å². The molecule has 0 aliphatic heterocycles. The molecule has 0 atom stereocenters. The summed E-state index contributed by atoms with van der Waals surface area (Å²) in [6, 6.07) is 0. The first kappa shape index (κ1) is 17.3. The smallest absolute Gasteiger partial charge is 0.336 e. The molecule has 0 saturated heterocycles. The number of alkyl halides is 3. The van der Waals surface area contributed by atoms with E-state index in [-0.39, 0.29) is 6.54 Å². The molecule has 0 N–H and O–H groups in total. The van der Waals surface area contributed by atoms with Crippen molar-refractivity contribution in [3.63, 3.8) is 0 Å². The number of halogens is 4. The molecule has 0 bridgehead atoms. The normalized spacial score (nSPS) is 11.8. The van der Waals surface area contributed by atoms with Gasteiger partial charge < -0.3 is 4.90 Å². The summed E-state index contributed by atoms with van der Waals surface area (Å²) in [6.45, 7) is 2.02. The molecule has 0 saturated carbocycles. The predicted octanol–water partition coefficient (Wildman–Crippen LogP) is 2.41. The van der Waals surface area contributed by atoms with Crippen LogP contribution in [0.15, 0.2) is 6.20 Å². The first-order chi connectivity index (χ1) is 10.5. The SMILES string of the molecule is Cc1c(CN(C)C(=O)c2nn(C)c(C(F)(F)F)c2Cl)cnn1C. The minimum absolute atomic E-state index is 0.187. The molecule has 0 aliphatic carbocycles. The summed E-state index contributed by atoms with van der Waals surface area (Å²) in [5, 5.41) is 6.98. The maximum absolute atomic E-state index is 12.9. The van der Waals surface area contributed by atoms with E-state index in [0.29, 0.717) is 4.68 Å². The van der Waals surface area contributed by atoms with Gasteiger partial charge in [0.05, 0.1) is 6.20 Å². The van der Waals surface area contributed by atoms with E-state index in [0.717, 1.165) is 18.3 Å². The number of amides is 1. The summed E-state index contributed by atoms with van der Waals surface area (Å²) in [6.07, 6.45) is -3.09. The zero-order chi connectivity index (χ0) is 17.5. The fourth-order valence-corrected chi connectivity index (χ4v) is 2.50. The standard InChI is InChI=1S/C13H15ClF3N5O/c1-7-8(5-18-21(7)3)6-20(2)12(23)10-9(14)11(13(15,16)17)22(4)19-10/h5H,6H2,1-4H3. The second kappa shape index (κ2) is 5.88. The molecule has 126 valence electrons. The Morgan fingerprint density at radius 3 is 2.39 bits per heavy atom. The molecule has 0 radical (unpaired) electrons. The van der Waals surface area contributed by atoms with Gasteiger partial charge in [-0.1, -0.05) is 11.6 Å². The Bertz CT molecular complexity index is 750. The number of carbonyl (C=O) groups is 1. The van der Waals surface area contributed by atoms with Crippen molar-refractivity contribution in [2.45, 2.75) is 19.6 Å². The summed E-state index contributed by atoms with van der Waals surface area (Å²) >= 11 is 5.72. The van der Waals surface area contributed by atoms with Crippen LogP contribution in [-0.4, -0.2) is 37.4 Å². The molecule has 0 unspecified atom stereocenters.